The molecule has 0 spiro atoms. The van der Waals surface area contributed by atoms with Crippen molar-refractivity contribution < 1.29 is 18.5 Å². The highest BCUT2D eigenvalue weighted by atomic mass is 79.9. The maximum absolute atomic E-state index is 13.1. The Balaban J connectivity index is 1.90. The van der Waals surface area contributed by atoms with Crippen molar-refractivity contribution in [3.8, 4) is 5.69 Å². The van der Waals surface area contributed by atoms with Gasteiger partial charge in [0.15, 0.2) is 0 Å². The van der Waals surface area contributed by atoms with Crippen LogP contribution in [0, 0.1) is 33.6 Å². The minimum atomic E-state index is -4.33. The Labute approximate surface area is 221 Å². The fourth-order valence-corrected chi connectivity index (χ4v) is 6.99. The van der Waals surface area contributed by atoms with E-state index >= 15 is 0 Å². The summed E-state index contributed by atoms with van der Waals surface area (Å²) >= 11 is 3.59. The van der Waals surface area contributed by atoms with Gasteiger partial charge in [-0.3, -0.25) is 9.05 Å². The summed E-state index contributed by atoms with van der Waals surface area (Å²) < 4.78 is 27.7. The molecule has 10 heteroatoms. The summed E-state index contributed by atoms with van der Waals surface area (Å²) in [7, 11) is -4.33. The van der Waals surface area contributed by atoms with Gasteiger partial charge in [0.2, 0.25) is 0 Å². The van der Waals surface area contributed by atoms with E-state index in [2.05, 4.69) is 58.0 Å². The van der Waals surface area contributed by atoms with E-state index in [1.807, 2.05) is 20.8 Å². The molecule has 3 atom stereocenters. The lowest BCUT2D eigenvalue weighted by Gasteiger charge is -2.32. The molecule has 8 nitrogen and oxygen atoms in total. The number of phosphoric ester groups is 1. The number of halogens is 1. The first-order valence-corrected chi connectivity index (χ1v) is 14.8. The quantitative estimate of drug-likeness (QED) is 0.299. The molecule has 3 unspecified atom stereocenters. The number of hydrogen-bond acceptors (Lipinski definition) is 6. The number of rotatable bonds is 8. The summed E-state index contributed by atoms with van der Waals surface area (Å²) in [6, 6.07) is 4.18. The van der Waals surface area contributed by atoms with Crippen molar-refractivity contribution in [2.24, 2.45) is 5.92 Å². The largest absolute Gasteiger partial charge is 0.473 e. The van der Waals surface area contributed by atoms with Gasteiger partial charge in [-0.2, -0.15) is 0 Å². The SMILES string of the molecule is CCC(C)OP(=O)(O)OC(c1nc(C)nc2c1c(C)cn2-c1c(C)cc(Br)cc1C)C1CCNCC1. The van der Waals surface area contributed by atoms with E-state index in [4.69, 9.17) is 19.0 Å². The van der Waals surface area contributed by atoms with E-state index < -0.39 is 20.0 Å². The van der Waals surface area contributed by atoms with Crippen LogP contribution in [-0.2, 0) is 13.6 Å². The lowest BCUT2D eigenvalue weighted by molar-refractivity contribution is 0.0415. The minimum absolute atomic E-state index is 0.0173. The van der Waals surface area contributed by atoms with Crippen molar-refractivity contribution in [3.05, 3.63) is 51.0 Å². The van der Waals surface area contributed by atoms with Crippen molar-refractivity contribution in [2.75, 3.05) is 13.1 Å². The van der Waals surface area contributed by atoms with Gasteiger partial charge in [-0.1, -0.05) is 22.9 Å². The molecule has 1 aliphatic heterocycles. The second kappa shape index (κ2) is 11.0. The van der Waals surface area contributed by atoms with Crippen molar-refractivity contribution in [3.63, 3.8) is 0 Å². The van der Waals surface area contributed by atoms with Gasteiger partial charge in [-0.25, -0.2) is 14.5 Å². The van der Waals surface area contributed by atoms with E-state index in [-0.39, 0.29) is 5.92 Å². The molecular formula is C26H36BrN4O4P. The van der Waals surface area contributed by atoms with Crippen LogP contribution in [0.25, 0.3) is 16.7 Å². The predicted molar refractivity (Wildman–Crippen MR) is 146 cm³/mol. The second-order valence-corrected chi connectivity index (χ2v) is 12.1. The van der Waals surface area contributed by atoms with Crippen molar-refractivity contribution in [1.82, 2.24) is 19.9 Å². The maximum Gasteiger partial charge on any atom is 0.473 e. The molecule has 0 radical (unpaired) electrons. The Morgan fingerprint density at radius 2 is 1.78 bits per heavy atom. The zero-order valence-electron chi connectivity index (χ0n) is 21.8. The number of phosphoric acid groups is 1. The van der Waals surface area contributed by atoms with Crippen LogP contribution in [0.2, 0.25) is 0 Å². The predicted octanol–water partition coefficient (Wildman–Crippen LogP) is 6.39. The Morgan fingerprint density at radius 1 is 1.14 bits per heavy atom. The molecule has 2 N–H and O–H groups in total. The van der Waals surface area contributed by atoms with Crippen LogP contribution in [0.5, 0.6) is 0 Å². The fourth-order valence-electron chi connectivity index (χ4n) is 5.09. The lowest BCUT2D eigenvalue weighted by Crippen LogP contribution is -2.32. The minimum Gasteiger partial charge on any atom is -0.317 e. The summed E-state index contributed by atoms with van der Waals surface area (Å²) in [5.74, 6) is 0.603. The average Bonchev–Trinajstić information content (AvgIpc) is 3.12. The van der Waals surface area contributed by atoms with Crippen LogP contribution < -0.4 is 5.32 Å². The molecule has 0 bridgehead atoms. The second-order valence-electron chi connectivity index (χ2n) is 9.83. The third kappa shape index (κ3) is 5.77. The first-order chi connectivity index (χ1) is 17.0. The van der Waals surface area contributed by atoms with Gasteiger partial charge in [0.05, 0.1) is 17.5 Å². The summed E-state index contributed by atoms with van der Waals surface area (Å²) in [5, 5.41) is 4.22. The van der Waals surface area contributed by atoms with Gasteiger partial charge in [0.1, 0.15) is 17.6 Å². The maximum atomic E-state index is 13.1. The molecule has 1 aromatic carbocycles. The van der Waals surface area contributed by atoms with Crippen molar-refractivity contribution in [1.29, 1.82) is 0 Å². The molecule has 3 aromatic rings. The summed E-state index contributed by atoms with van der Waals surface area (Å²) in [5.41, 5.74) is 5.69. The van der Waals surface area contributed by atoms with E-state index in [0.717, 1.165) is 63.8 Å². The number of benzene rings is 1. The highest BCUT2D eigenvalue weighted by Crippen LogP contribution is 2.52. The number of nitrogens with zero attached hydrogens (tertiary/aromatic N) is 3. The van der Waals surface area contributed by atoms with Crippen LogP contribution in [0.15, 0.2) is 22.8 Å². The molecule has 196 valence electrons. The lowest BCUT2D eigenvalue weighted by atomic mass is 9.89. The number of fused-ring (bicyclic) bond motifs is 1. The zero-order valence-corrected chi connectivity index (χ0v) is 24.3. The smallest absolute Gasteiger partial charge is 0.317 e. The topological polar surface area (TPSA) is 98.5 Å². The van der Waals surface area contributed by atoms with E-state index in [1.165, 1.54) is 0 Å². The number of piperidine rings is 1. The van der Waals surface area contributed by atoms with E-state index in [9.17, 15) is 9.46 Å². The third-order valence-corrected chi connectivity index (χ3v) is 8.47. The molecule has 0 amide bonds. The number of aryl methyl sites for hydroxylation is 4. The Kier molecular flexibility index (Phi) is 8.39. The summed E-state index contributed by atoms with van der Waals surface area (Å²) in [6.07, 6.45) is 3.20. The van der Waals surface area contributed by atoms with Gasteiger partial charge in [-0.15, -0.1) is 0 Å². The Morgan fingerprint density at radius 3 is 2.39 bits per heavy atom. The first kappa shape index (κ1) is 27.4. The molecule has 0 saturated carbocycles. The zero-order chi connectivity index (χ0) is 26.2. The molecule has 1 fully saturated rings. The van der Waals surface area contributed by atoms with Crippen molar-refractivity contribution >= 4 is 34.8 Å². The highest BCUT2D eigenvalue weighted by molar-refractivity contribution is 9.10. The van der Waals surface area contributed by atoms with Crippen molar-refractivity contribution in [2.45, 2.75) is 73.0 Å². The highest BCUT2D eigenvalue weighted by Gasteiger charge is 2.37. The molecule has 0 aliphatic carbocycles. The van der Waals surface area contributed by atoms with Crippen LogP contribution >= 0.6 is 23.8 Å². The molecule has 2 aromatic heterocycles. The van der Waals surface area contributed by atoms with Crippen LogP contribution in [-0.4, -0.2) is 38.6 Å². The summed E-state index contributed by atoms with van der Waals surface area (Å²) in [6.45, 7) is 13.4. The van der Waals surface area contributed by atoms with Gasteiger partial charge in [-0.05, 0) is 102 Å². The van der Waals surface area contributed by atoms with Crippen LogP contribution in [0.3, 0.4) is 0 Å². The Hall–Kier alpha value is -1.61. The fraction of sp³-hybridized carbons (Fsp3) is 0.538. The molecule has 3 heterocycles. The standard InChI is InChI=1S/C26H36BrN4O4P/c1-7-18(5)34-36(32,33)35-25(20-8-10-28-11-9-20)23-22-17(4)14-31(26(22)30-19(6)29-23)24-15(2)12-21(27)13-16(24)3/h12-14,18,20,25,28H,7-11H2,1-6H3,(H,32,33). The average molecular weight is 579 g/mol. The number of aromatic nitrogens is 3. The van der Waals surface area contributed by atoms with Gasteiger partial charge >= 0.3 is 7.82 Å². The first-order valence-electron chi connectivity index (χ1n) is 12.5. The summed E-state index contributed by atoms with van der Waals surface area (Å²) in [4.78, 5) is 20.4. The molecule has 1 saturated heterocycles. The molecular weight excluding hydrogens is 543 g/mol. The molecule has 36 heavy (non-hydrogen) atoms. The number of nitrogens with one attached hydrogen (secondary N) is 1. The van der Waals surface area contributed by atoms with E-state index in [1.54, 1.807) is 6.92 Å². The van der Waals surface area contributed by atoms with Gasteiger partial charge < -0.3 is 14.8 Å². The van der Waals surface area contributed by atoms with Crippen LogP contribution in [0.4, 0.5) is 0 Å². The monoisotopic (exact) mass is 578 g/mol. The van der Waals surface area contributed by atoms with Crippen LogP contribution in [0.1, 0.15) is 67.4 Å². The van der Waals surface area contributed by atoms with Gasteiger partial charge in [0, 0.05) is 16.1 Å². The third-order valence-electron chi connectivity index (χ3n) is 6.89. The normalized spacial score (nSPS) is 18.3. The molecule has 4 rings (SSSR count). The van der Waals surface area contributed by atoms with Gasteiger partial charge in [0.25, 0.3) is 0 Å². The Bertz CT molecular complexity index is 1280. The number of hydrogen-bond donors (Lipinski definition) is 2. The molecule has 1 aliphatic rings. The van der Waals surface area contributed by atoms with E-state index in [0.29, 0.717) is 17.9 Å².